The highest BCUT2D eigenvalue weighted by Crippen LogP contribution is 2.32. The Morgan fingerprint density at radius 2 is 2.00 bits per heavy atom. The molecule has 0 bridgehead atoms. The van der Waals surface area contributed by atoms with Crippen molar-refractivity contribution in [3.05, 3.63) is 0 Å². The van der Waals surface area contributed by atoms with E-state index in [1.165, 1.54) is 19.3 Å². The van der Waals surface area contributed by atoms with E-state index in [1.807, 2.05) is 18.7 Å². The predicted octanol–water partition coefficient (Wildman–Crippen LogP) is 2.72. The summed E-state index contributed by atoms with van der Waals surface area (Å²) in [5, 5.41) is 2.93. The van der Waals surface area contributed by atoms with Gasteiger partial charge in [0.15, 0.2) is 0 Å². The molecule has 5 unspecified atom stereocenters. The average molecular weight is 294 g/mol. The van der Waals surface area contributed by atoms with Gasteiger partial charge in [-0.3, -0.25) is 9.59 Å². The van der Waals surface area contributed by atoms with E-state index in [2.05, 4.69) is 19.2 Å². The monoisotopic (exact) mass is 294 g/mol. The molecule has 2 aliphatic rings. The number of nitrogens with zero attached hydrogens (tertiary/aromatic N) is 1. The Bertz CT molecular complexity index is 396. The normalized spacial score (nSPS) is 35.5. The first-order valence-electron chi connectivity index (χ1n) is 8.62. The summed E-state index contributed by atoms with van der Waals surface area (Å²) >= 11 is 0. The maximum Gasteiger partial charge on any atom is 0.246 e. The summed E-state index contributed by atoms with van der Waals surface area (Å²) in [7, 11) is 0. The van der Waals surface area contributed by atoms with Crippen molar-refractivity contribution in [2.45, 2.75) is 84.3 Å². The van der Waals surface area contributed by atoms with Gasteiger partial charge in [-0.25, -0.2) is 0 Å². The van der Waals surface area contributed by atoms with Crippen LogP contribution in [0.2, 0.25) is 0 Å². The molecule has 120 valence electrons. The van der Waals surface area contributed by atoms with Gasteiger partial charge in [0.05, 0.1) is 0 Å². The van der Waals surface area contributed by atoms with Crippen LogP contribution in [-0.4, -0.2) is 34.8 Å². The van der Waals surface area contributed by atoms with E-state index in [0.29, 0.717) is 5.92 Å². The maximum atomic E-state index is 12.9. The molecule has 0 radical (unpaired) electrons. The van der Waals surface area contributed by atoms with E-state index < -0.39 is 0 Å². The third-order valence-corrected chi connectivity index (χ3v) is 5.55. The van der Waals surface area contributed by atoms with Crippen LogP contribution in [0.15, 0.2) is 0 Å². The first-order valence-corrected chi connectivity index (χ1v) is 8.62. The van der Waals surface area contributed by atoms with E-state index in [-0.39, 0.29) is 35.9 Å². The number of hydrogen-bond acceptors (Lipinski definition) is 2. The lowest BCUT2D eigenvalue weighted by Gasteiger charge is -2.46. The van der Waals surface area contributed by atoms with E-state index in [1.54, 1.807) is 0 Å². The Balaban J connectivity index is 2.18. The first kappa shape index (κ1) is 16.3. The van der Waals surface area contributed by atoms with E-state index in [0.717, 1.165) is 19.3 Å². The Hall–Kier alpha value is -1.06. The maximum absolute atomic E-state index is 12.9. The van der Waals surface area contributed by atoms with Gasteiger partial charge in [0.1, 0.15) is 12.1 Å². The Morgan fingerprint density at radius 3 is 2.62 bits per heavy atom. The standard InChI is InChI=1S/C17H30N2O2/c1-5-11(3)15-17(21)19(12(4)16(20)18-15)14-9-7-8-13(6-2)10-14/h11-15H,5-10H2,1-4H3,(H,18,20). The molecule has 1 aliphatic carbocycles. The van der Waals surface area contributed by atoms with Gasteiger partial charge in [-0.2, -0.15) is 0 Å². The number of carbonyl (C=O) groups excluding carboxylic acids is 2. The summed E-state index contributed by atoms with van der Waals surface area (Å²) in [6.07, 6.45) is 6.63. The highest BCUT2D eigenvalue weighted by molar-refractivity contribution is 5.97. The lowest BCUT2D eigenvalue weighted by molar-refractivity contribution is -0.154. The molecule has 4 nitrogen and oxygen atoms in total. The van der Waals surface area contributed by atoms with Crippen LogP contribution in [0, 0.1) is 11.8 Å². The van der Waals surface area contributed by atoms with Gasteiger partial charge >= 0.3 is 0 Å². The molecule has 21 heavy (non-hydrogen) atoms. The molecular weight excluding hydrogens is 264 g/mol. The van der Waals surface area contributed by atoms with Gasteiger partial charge in [0.25, 0.3) is 0 Å². The third kappa shape index (κ3) is 3.24. The van der Waals surface area contributed by atoms with Crippen molar-refractivity contribution in [1.82, 2.24) is 10.2 Å². The summed E-state index contributed by atoms with van der Waals surface area (Å²) in [4.78, 5) is 27.1. The summed E-state index contributed by atoms with van der Waals surface area (Å²) in [6, 6.07) is -0.400. The van der Waals surface area contributed by atoms with Gasteiger partial charge in [-0.1, -0.05) is 46.5 Å². The Morgan fingerprint density at radius 1 is 1.29 bits per heavy atom. The lowest BCUT2D eigenvalue weighted by atomic mass is 9.82. The quantitative estimate of drug-likeness (QED) is 0.866. The molecule has 0 aromatic rings. The second kappa shape index (κ2) is 6.80. The van der Waals surface area contributed by atoms with Gasteiger partial charge < -0.3 is 10.2 Å². The Labute approximate surface area is 128 Å². The largest absolute Gasteiger partial charge is 0.342 e. The van der Waals surface area contributed by atoms with Crippen LogP contribution in [0.5, 0.6) is 0 Å². The minimum absolute atomic E-state index is 0.0125. The number of amides is 2. The second-order valence-electron chi connectivity index (χ2n) is 6.89. The number of nitrogens with one attached hydrogen (secondary N) is 1. The molecule has 4 heteroatoms. The van der Waals surface area contributed by atoms with Gasteiger partial charge in [-0.05, 0) is 31.6 Å². The van der Waals surface area contributed by atoms with E-state index >= 15 is 0 Å². The fourth-order valence-corrected chi connectivity index (χ4v) is 3.82. The van der Waals surface area contributed by atoms with Crippen molar-refractivity contribution in [2.24, 2.45) is 11.8 Å². The molecule has 0 aromatic carbocycles. The zero-order chi connectivity index (χ0) is 15.6. The molecule has 1 N–H and O–H groups in total. The molecule has 2 amide bonds. The van der Waals surface area contributed by atoms with Crippen molar-refractivity contribution in [2.75, 3.05) is 0 Å². The molecule has 1 aliphatic heterocycles. The van der Waals surface area contributed by atoms with E-state index in [9.17, 15) is 9.59 Å². The van der Waals surface area contributed by atoms with Gasteiger partial charge in [0.2, 0.25) is 11.8 Å². The van der Waals surface area contributed by atoms with Gasteiger partial charge in [-0.15, -0.1) is 0 Å². The minimum atomic E-state index is -0.333. The van der Waals surface area contributed by atoms with Crippen molar-refractivity contribution in [1.29, 1.82) is 0 Å². The molecule has 5 atom stereocenters. The van der Waals surface area contributed by atoms with Crippen LogP contribution in [0.1, 0.15) is 66.2 Å². The number of hydrogen-bond donors (Lipinski definition) is 1. The zero-order valence-electron chi connectivity index (χ0n) is 13.9. The fraction of sp³-hybridized carbons (Fsp3) is 0.882. The number of carbonyl (C=O) groups is 2. The highest BCUT2D eigenvalue weighted by Gasteiger charge is 2.43. The van der Waals surface area contributed by atoms with Crippen molar-refractivity contribution in [3.63, 3.8) is 0 Å². The van der Waals surface area contributed by atoms with Crippen LogP contribution in [0.25, 0.3) is 0 Å². The molecule has 0 spiro atoms. The second-order valence-corrected chi connectivity index (χ2v) is 6.89. The fourth-order valence-electron chi connectivity index (χ4n) is 3.82. The Kier molecular flexibility index (Phi) is 5.28. The van der Waals surface area contributed by atoms with Crippen LogP contribution in [0.3, 0.4) is 0 Å². The van der Waals surface area contributed by atoms with Crippen LogP contribution < -0.4 is 5.32 Å². The van der Waals surface area contributed by atoms with Crippen LogP contribution in [-0.2, 0) is 9.59 Å². The summed E-state index contributed by atoms with van der Waals surface area (Å²) in [5.41, 5.74) is 0. The number of piperazine rings is 1. The third-order valence-electron chi connectivity index (χ3n) is 5.55. The van der Waals surface area contributed by atoms with Gasteiger partial charge in [0, 0.05) is 6.04 Å². The summed E-state index contributed by atoms with van der Waals surface area (Å²) < 4.78 is 0. The van der Waals surface area contributed by atoms with E-state index in [4.69, 9.17) is 0 Å². The van der Waals surface area contributed by atoms with Crippen molar-refractivity contribution < 1.29 is 9.59 Å². The molecule has 1 saturated heterocycles. The molecule has 1 saturated carbocycles. The minimum Gasteiger partial charge on any atom is -0.342 e. The van der Waals surface area contributed by atoms with Crippen LogP contribution in [0.4, 0.5) is 0 Å². The summed E-state index contributed by atoms with van der Waals surface area (Å²) in [6.45, 7) is 8.21. The predicted molar refractivity (Wildman–Crippen MR) is 83.7 cm³/mol. The lowest BCUT2D eigenvalue weighted by Crippen LogP contribution is -2.66. The molecule has 2 rings (SSSR count). The number of rotatable bonds is 4. The average Bonchev–Trinajstić information content (AvgIpc) is 2.50. The molecule has 2 fully saturated rings. The highest BCUT2D eigenvalue weighted by atomic mass is 16.2. The smallest absolute Gasteiger partial charge is 0.246 e. The van der Waals surface area contributed by atoms with Crippen LogP contribution >= 0.6 is 0 Å². The SMILES string of the molecule is CCC1CCCC(N2C(=O)C(C(C)CC)NC(=O)C2C)C1. The molecule has 1 heterocycles. The molecular formula is C17H30N2O2. The zero-order valence-corrected chi connectivity index (χ0v) is 13.9. The van der Waals surface area contributed by atoms with Crippen molar-refractivity contribution in [3.8, 4) is 0 Å². The summed E-state index contributed by atoms with van der Waals surface area (Å²) in [5.74, 6) is 1.05. The van der Waals surface area contributed by atoms with Crippen molar-refractivity contribution >= 4 is 11.8 Å². The first-order chi connectivity index (χ1) is 9.99. The molecule has 0 aromatic heterocycles. The topological polar surface area (TPSA) is 49.4 Å².